The number of hydrogen-bond acceptors (Lipinski definition) is 6. The first-order valence-corrected chi connectivity index (χ1v) is 10.6. The minimum atomic E-state index is -0.367. The van der Waals surface area contributed by atoms with Crippen LogP contribution in [0.15, 0.2) is 58.5 Å². The number of nitrogens with zero attached hydrogens (tertiary/aromatic N) is 4. The van der Waals surface area contributed by atoms with Crippen LogP contribution in [0.2, 0.25) is 0 Å². The molecule has 0 aliphatic heterocycles. The fourth-order valence-corrected chi connectivity index (χ4v) is 4.10. The molecule has 1 amide bonds. The van der Waals surface area contributed by atoms with Crippen LogP contribution >= 0.6 is 11.3 Å². The maximum atomic E-state index is 13.2. The summed E-state index contributed by atoms with van der Waals surface area (Å²) in [5.41, 5.74) is 7.12. The van der Waals surface area contributed by atoms with E-state index < -0.39 is 0 Å². The van der Waals surface area contributed by atoms with Gasteiger partial charge in [-0.15, -0.1) is 11.3 Å². The van der Waals surface area contributed by atoms with Crippen LogP contribution in [0.5, 0.6) is 0 Å². The standard InChI is InChI=1S/C23H19N5O2S/c1-13-4-6-16(7-5-13)22-26-20(23(30-22)28-15(3)10-14(2)27-28)21(29)25-17-8-9-18-19(11-17)31-12-24-18/h4-12H,1-3H3,(H,25,29). The van der Waals surface area contributed by atoms with E-state index >= 15 is 0 Å². The van der Waals surface area contributed by atoms with Crippen LogP contribution in [-0.2, 0) is 0 Å². The molecule has 5 rings (SSSR count). The first kappa shape index (κ1) is 19.2. The molecule has 1 N–H and O–H groups in total. The summed E-state index contributed by atoms with van der Waals surface area (Å²) in [4.78, 5) is 22.0. The quantitative estimate of drug-likeness (QED) is 0.418. The van der Waals surface area contributed by atoms with Gasteiger partial charge in [0.05, 0.1) is 21.4 Å². The summed E-state index contributed by atoms with van der Waals surface area (Å²) in [6, 6.07) is 15.3. The van der Waals surface area contributed by atoms with Crippen LogP contribution in [0.4, 0.5) is 5.69 Å². The van der Waals surface area contributed by atoms with Crippen molar-refractivity contribution >= 4 is 33.1 Å². The molecule has 0 bridgehead atoms. The Labute approximate surface area is 182 Å². The average Bonchev–Trinajstić information content (AvgIpc) is 3.46. The van der Waals surface area contributed by atoms with Crippen molar-refractivity contribution in [2.24, 2.45) is 0 Å². The van der Waals surface area contributed by atoms with Gasteiger partial charge in [-0.1, -0.05) is 17.7 Å². The van der Waals surface area contributed by atoms with E-state index in [1.54, 1.807) is 10.2 Å². The number of aryl methyl sites for hydroxylation is 3. The molecule has 3 aromatic heterocycles. The Kier molecular flexibility index (Phi) is 4.63. The zero-order valence-electron chi connectivity index (χ0n) is 17.2. The highest BCUT2D eigenvalue weighted by Gasteiger charge is 2.24. The van der Waals surface area contributed by atoms with Crippen molar-refractivity contribution in [2.45, 2.75) is 20.8 Å². The summed E-state index contributed by atoms with van der Waals surface area (Å²) in [6.45, 7) is 5.82. The second-order valence-corrected chi connectivity index (χ2v) is 8.25. The third kappa shape index (κ3) is 3.62. The lowest BCUT2D eigenvalue weighted by Gasteiger charge is -2.05. The fraction of sp³-hybridized carbons (Fsp3) is 0.130. The maximum absolute atomic E-state index is 13.2. The molecule has 0 unspecified atom stereocenters. The van der Waals surface area contributed by atoms with Gasteiger partial charge in [0.2, 0.25) is 5.89 Å². The van der Waals surface area contributed by atoms with Crippen LogP contribution in [0.25, 0.3) is 27.6 Å². The zero-order valence-corrected chi connectivity index (χ0v) is 18.0. The van der Waals surface area contributed by atoms with Gasteiger partial charge in [-0.3, -0.25) is 4.79 Å². The van der Waals surface area contributed by atoms with Crippen molar-refractivity contribution in [3.8, 4) is 17.3 Å². The average molecular weight is 430 g/mol. The van der Waals surface area contributed by atoms with Crippen molar-refractivity contribution in [1.82, 2.24) is 19.7 Å². The first-order chi connectivity index (χ1) is 15.0. The van der Waals surface area contributed by atoms with Crippen LogP contribution in [-0.4, -0.2) is 25.7 Å². The highest BCUT2D eigenvalue weighted by atomic mass is 32.1. The smallest absolute Gasteiger partial charge is 0.280 e. The topological polar surface area (TPSA) is 85.8 Å². The Morgan fingerprint density at radius 3 is 2.61 bits per heavy atom. The molecule has 8 heteroatoms. The number of amides is 1. The molecular weight excluding hydrogens is 410 g/mol. The molecule has 0 fully saturated rings. The summed E-state index contributed by atoms with van der Waals surface area (Å²) in [5.74, 6) is 0.289. The predicted octanol–water partition coefficient (Wildman–Crippen LogP) is 5.31. The van der Waals surface area contributed by atoms with Crippen molar-refractivity contribution in [3.05, 3.63) is 76.7 Å². The fourth-order valence-electron chi connectivity index (χ4n) is 3.38. The molecule has 0 aliphatic rings. The maximum Gasteiger partial charge on any atom is 0.280 e. The van der Waals surface area contributed by atoms with E-state index in [-0.39, 0.29) is 17.5 Å². The first-order valence-electron chi connectivity index (χ1n) is 9.74. The second kappa shape index (κ2) is 7.48. The lowest BCUT2D eigenvalue weighted by atomic mass is 10.1. The number of anilines is 1. The number of thiazole rings is 1. The Balaban J connectivity index is 1.57. The van der Waals surface area contributed by atoms with E-state index in [1.165, 1.54) is 11.3 Å². The highest BCUT2D eigenvalue weighted by Crippen LogP contribution is 2.28. The van der Waals surface area contributed by atoms with Gasteiger partial charge >= 0.3 is 0 Å². The summed E-state index contributed by atoms with van der Waals surface area (Å²) >= 11 is 1.52. The number of oxazole rings is 1. The van der Waals surface area contributed by atoms with Gasteiger partial charge < -0.3 is 9.73 Å². The SMILES string of the molecule is Cc1ccc(-c2nc(C(=O)Nc3ccc4ncsc4c3)c(-n3nc(C)cc3C)o2)cc1. The Bertz CT molecular complexity index is 1410. The molecule has 3 heterocycles. The van der Waals surface area contributed by atoms with Crippen molar-refractivity contribution < 1.29 is 9.21 Å². The van der Waals surface area contributed by atoms with Gasteiger partial charge in [0.25, 0.3) is 11.8 Å². The number of fused-ring (bicyclic) bond motifs is 1. The van der Waals surface area contributed by atoms with Crippen LogP contribution < -0.4 is 5.32 Å². The normalized spacial score (nSPS) is 11.2. The number of rotatable bonds is 4. The molecule has 7 nitrogen and oxygen atoms in total. The molecule has 0 radical (unpaired) electrons. The van der Waals surface area contributed by atoms with Gasteiger partial charge in [0, 0.05) is 16.9 Å². The molecule has 0 saturated heterocycles. The highest BCUT2D eigenvalue weighted by molar-refractivity contribution is 7.16. The molecule has 154 valence electrons. The van der Waals surface area contributed by atoms with Crippen molar-refractivity contribution in [3.63, 3.8) is 0 Å². The number of hydrogen-bond donors (Lipinski definition) is 1. The van der Waals surface area contributed by atoms with Crippen LogP contribution in [0, 0.1) is 20.8 Å². The Hall–Kier alpha value is -3.78. The monoisotopic (exact) mass is 429 g/mol. The van der Waals surface area contributed by atoms with E-state index in [0.29, 0.717) is 11.6 Å². The summed E-state index contributed by atoms with van der Waals surface area (Å²) in [7, 11) is 0. The number of nitrogens with one attached hydrogen (secondary N) is 1. The molecule has 0 atom stereocenters. The van der Waals surface area contributed by atoms with E-state index in [2.05, 4.69) is 20.4 Å². The van der Waals surface area contributed by atoms with E-state index in [9.17, 15) is 4.79 Å². The lowest BCUT2D eigenvalue weighted by molar-refractivity contribution is 0.102. The van der Waals surface area contributed by atoms with Gasteiger partial charge in [-0.05, 0) is 57.2 Å². The minimum absolute atomic E-state index is 0.172. The van der Waals surface area contributed by atoms with Gasteiger partial charge in [0.1, 0.15) is 0 Å². The predicted molar refractivity (Wildman–Crippen MR) is 121 cm³/mol. The summed E-state index contributed by atoms with van der Waals surface area (Å²) in [5, 5.41) is 7.41. The molecule has 31 heavy (non-hydrogen) atoms. The Morgan fingerprint density at radius 1 is 1.06 bits per heavy atom. The number of carbonyl (C=O) groups is 1. The van der Waals surface area contributed by atoms with Gasteiger partial charge in [-0.2, -0.15) is 5.10 Å². The number of benzene rings is 2. The largest absolute Gasteiger partial charge is 0.417 e. The molecule has 0 saturated carbocycles. The second-order valence-electron chi connectivity index (χ2n) is 7.37. The lowest BCUT2D eigenvalue weighted by Crippen LogP contribution is -2.15. The number of aromatic nitrogens is 4. The summed E-state index contributed by atoms with van der Waals surface area (Å²) in [6.07, 6.45) is 0. The van der Waals surface area contributed by atoms with E-state index in [0.717, 1.165) is 32.7 Å². The molecule has 5 aromatic rings. The third-order valence-electron chi connectivity index (χ3n) is 4.91. The molecule has 2 aromatic carbocycles. The van der Waals surface area contributed by atoms with E-state index in [4.69, 9.17) is 4.42 Å². The number of carbonyl (C=O) groups excluding carboxylic acids is 1. The van der Waals surface area contributed by atoms with Gasteiger partial charge in [0.15, 0.2) is 5.69 Å². The zero-order chi connectivity index (χ0) is 21.5. The van der Waals surface area contributed by atoms with Crippen molar-refractivity contribution in [2.75, 3.05) is 5.32 Å². The van der Waals surface area contributed by atoms with Crippen LogP contribution in [0.1, 0.15) is 27.4 Å². The molecule has 0 spiro atoms. The molecular formula is C23H19N5O2S. The van der Waals surface area contributed by atoms with Gasteiger partial charge in [-0.25, -0.2) is 14.6 Å². The van der Waals surface area contributed by atoms with E-state index in [1.807, 2.05) is 69.3 Å². The third-order valence-corrected chi connectivity index (χ3v) is 5.71. The minimum Gasteiger partial charge on any atom is -0.417 e. The molecule has 0 aliphatic carbocycles. The Morgan fingerprint density at radius 2 is 1.87 bits per heavy atom. The summed E-state index contributed by atoms with van der Waals surface area (Å²) < 4.78 is 8.67. The van der Waals surface area contributed by atoms with Crippen LogP contribution in [0.3, 0.4) is 0 Å². The van der Waals surface area contributed by atoms with Crippen molar-refractivity contribution in [1.29, 1.82) is 0 Å².